The monoisotopic (exact) mass is 167 g/mol. The third kappa shape index (κ3) is 1.13. The van der Waals surface area contributed by atoms with Crippen LogP contribution in [0.2, 0.25) is 0 Å². The Labute approximate surface area is 72.1 Å². The third-order valence-corrected chi connectivity index (χ3v) is 2.08. The third-order valence-electron chi connectivity index (χ3n) is 2.08. The molecular formula is C8H13N3O. The van der Waals surface area contributed by atoms with E-state index in [1.165, 1.54) is 6.92 Å². The normalized spacial score (nSPS) is 15.8. The largest absolute Gasteiger partial charge is 0.291 e. The zero-order chi connectivity index (χ0) is 8.55. The van der Waals surface area contributed by atoms with E-state index in [-0.39, 0.29) is 7.21 Å². The minimum atomic E-state index is -0.0445. The predicted molar refractivity (Wildman–Crippen MR) is 45.1 cm³/mol. The molecule has 0 saturated heterocycles. The Balaban J connectivity index is 0.000000845. The van der Waals surface area contributed by atoms with Gasteiger partial charge in [-0.3, -0.25) is 4.79 Å². The van der Waals surface area contributed by atoms with Crippen LogP contribution in [0.3, 0.4) is 0 Å². The molecule has 2 rings (SSSR count). The summed E-state index contributed by atoms with van der Waals surface area (Å²) in [5, 5.41) is 4.11. The van der Waals surface area contributed by atoms with Crippen molar-refractivity contribution >= 4 is 5.78 Å². The SMILES string of the molecule is CC(=O)c1nc2n(n1)CCCC2.[HH]. The molecule has 0 amide bonds. The maximum absolute atomic E-state index is 10.9. The van der Waals surface area contributed by atoms with Crippen LogP contribution in [-0.4, -0.2) is 20.5 Å². The van der Waals surface area contributed by atoms with Crippen LogP contribution >= 0.6 is 0 Å². The molecule has 0 spiro atoms. The molecule has 1 aliphatic rings. The van der Waals surface area contributed by atoms with Crippen LogP contribution < -0.4 is 0 Å². The molecule has 0 aromatic carbocycles. The molecule has 0 radical (unpaired) electrons. The second-order valence-electron chi connectivity index (χ2n) is 3.09. The van der Waals surface area contributed by atoms with Gasteiger partial charge in [0.05, 0.1) is 0 Å². The van der Waals surface area contributed by atoms with E-state index in [0.29, 0.717) is 5.82 Å². The van der Waals surface area contributed by atoms with Gasteiger partial charge < -0.3 is 0 Å². The molecular weight excluding hydrogens is 154 g/mol. The average Bonchev–Trinajstić information content (AvgIpc) is 2.46. The van der Waals surface area contributed by atoms with Gasteiger partial charge in [-0.2, -0.15) is 0 Å². The van der Waals surface area contributed by atoms with Crippen LogP contribution in [0.5, 0.6) is 0 Å². The van der Waals surface area contributed by atoms with Gasteiger partial charge in [-0.1, -0.05) is 0 Å². The van der Waals surface area contributed by atoms with E-state index in [1.807, 2.05) is 4.68 Å². The topological polar surface area (TPSA) is 47.8 Å². The number of carbonyl (C=O) groups is 1. The Morgan fingerprint density at radius 1 is 1.58 bits per heavy atom. The molecule has 0 N–H and O–H groups in total. The van der Waals surface area contributed by atoms with E-state index in [1.54, 1.807) is 0 Å². The Morgan fingerprint density at radius 3 is 3.08 bits per heavy atom. The molecule has 0 aliphatic carbocycles. The summed E-state index contributed by atoms with van der Waals surface area (Å²) in [6.07, 6.45) is 3.27. The summed E-state index contributed by atoms with van der Waals surface area (Å²) in [6.45, 7) is 2.41. The molecule has 0 fully saturated rings. The van der Waals surface area contributed by atoms with Crippen LogP contribution in [0.15, 0.2) is 0 Å². The summed E-state index contributed by atoms with van der Waals surface area (Å²) in [5.74, 6) is 1.29. The molecule has 4 nitrogen and oxygen atoms in total. The number of nitrogens with zero attached hydrogens (tertiary/aromatic N) is 3. The Bertz CT molecular complexity index is 298. The minimum Gasteiger partial charge on any atom is -0.291 e. The summed E-state index contributed by atoms with van der Waals surface area (Å²) in [4.78, 5) is 15.1. The molecule has 1 aromatic rings. The molecule has 66 valence electrons. The van der Waals surface area contributed by atoms with Gasteiger partial charge in [0.2, 0.25) is 5.82 Å². The molecule has 1 aromatic heterocycles. The summed E-state index contributed by atoms with van der Waals surface area (Å²) < 4.78 is 1.85. The van der Waals surface area contributed by atoms with E-state index in [4.69, 9.17) is 0 Å². The number of rotatable bonds is 1. The summed E-state index contributed by atoms with van der Waals surface area (Å²) >= 11 is 0. The number of carbonyl (C=O) groups excluding carboxylic acids is 1. The van der Waals surface area contributed by atoms with Gasteiger partial charge in [-0.05, 0) is 12.8 Å². The summed E-state index contributed by atoms with van der Waals surface area (Å²) in [7, 11) is 0. The lowest BCUT2D eigenvalue weighted by Gasteiger charge is -2.09. The fourth-order valence-corrected chi connectivity index (χ4v) is 1.43. The Kier molecular flexibility index (Phi) is 1.67. The number of fused-ring (bicyclic) bond motifs is 1. The fourth-order valence-electron chi connectivity index (χ4n) is 1.43. The highest BCUT2D eigenvalue weighted by molar-refractivity contribution is 5.90. The van der Waals surface area contributed by atoms with Crippen LogP contribution in [-0.2, 0) is 13.0 Å². The van der Waals surface area contributed by atoms with Crippen molar-refractivity contribution in [2.24, 2.45) is 0 Å². The molecule has 1 aliphatic heterocycles. The number of hydrogen-bond donors (Lipinski definition) is 0. The Hall–Kier alpha value is -1.19. The van der Waals surface area contributed by atoms with Gasteiger partial charge in [0.15, 0.2) is 5.78 Å². The molecule has 2 heterocycles. The van der Waals surface area contributed by atoms with Crippen LogP contribution in [0.1, 0.15) is 37.6 Å². The van der Waals surface area contributed by atoms with Gasteiger partial charge in [0.1, 0.15) is 5.82 Å². The number of Topliss-reactive ketones (excluding diaryl/α,β-unsaturated/α-hetero) is 1. The minimum absolute atomic E-state index is 0. The van der Waals surface area contributed by atoms with Crippen molar-refractivity contribution in [3.8, 4) is 0 Å². The molecule has 0 bridgehead atoms. The summed E-state index contributed by atoms with van der Waals surface area (Å²) in [5.41, 5.74) is 0. The van der Waals surface area contributed by atoms with E-state index in [2.05, 4.69) is 10.1 Å². The zero-order valence-electron chi connectivity index (χ0n) is 7.08. The number of ketones is 1. The molecule has 12 heavy (non-hydrogen) atoms. The highest BCUT2D eigenvalue weighted by Crippen LogP contribution is 2.11. The lowest BCUT2D eigenvalue weighted by atomic mass is 10.2. The van der Waals surface area contributed by atoms with Gasteiger partial charge in [0.25, 0.3) is 0 Å². The number of hydrogen-bond acceptors (Lipinski definition) is 3. The summed E-state index contributed by atoms with van der Waals surface area (Å²) in [6, 6.07) is 0. The lowest BCUT2D eigenvalue weighted by Crippen LogP contribution is -2.11. The quantitative estimate of drug-likeness (QED) is 0.588. The van der Waals surface area contributed by atoms with Crippen molar-refractivity contribution in [3.63, 3.8) is 0 Å². The van der Waals surface area contributed by atoms with E-state index < -0.39 is 0 Å². The molecule has 0 saturated carbocycles. The standard InChI is InChI=1S/C8H11N3O.H2/c1-6(12)8-9-7-4-2-3-5-11(7)10-8;/h2-5H2,1H3;1H. The number of aromatic nitrogens is 3. The predicted octanol–water partition coefficient (Wildman–Crippen LogP) is 1.06. The number of aryl methyl sites for hydroxylation is 2. The van der Waals surface area contributed by atoms with Crippen LogP contribution in [0, 0.1) is 0 Å². The maximum atomic E-state index is 10.9. The van der Waals surface area contributed by atoms with E-state index >= 15 is 0 Å². The second-order valence-corrected chi connectivity index (χ2v) is 3.09. The van der Waals surface area contributed by atoms with E-state index in [0.717, 1.165) is 31.6 Å². The van der Waals surface area contributed by atoms with Crippen molar-refractivity contribution in [1.29, 1.82) is 0 Å². The van der Waals surface area contributed by atoms with Gasteiger partial charge in [0, 0.05) is 21.3 Å². The highest BCUT2D eigenvalue weighted by atomic mass is 16.1. The first-order valence-electron chi connectivity index (χ1n) is 4.22. The van der Waals surface area contributed by atoms with Crippen molar-refractivity contribution in [1.82, 2.24) is 14.8 Å². The smallest absolute Gasteiger partial charge is 0.217 e. The second kappa shape index (κ2) is 2.69. The molecule has 0 unspecified atom stereocenters. The average molecular weight is 167 g/mol. The fraction of sp³-hybridized carbons (Fsp3) is 0.625. The molecule has 0 atom stereocenters. The van der Waals surface area contributed by atoms with Crippen LogP contribution in [0.4, 0.5) is 0 Å². The van der Waals surface area contributed by atoms with Gasteiger partial charge in [-0.25, -0.2) is 9.67 Å². The lowest BCUT2D eigenvalue weighted by molar-refractivity contribution is 0.100. The highest BCUT2D eigenvalue weighted by Gasteiger charge is 2.15. The Morgan fingerprint density at radius 2 is 2.42 bits per heavy atom. The first-order chi connectivity index (χ1) is 5.77. The van der Waals surface area contributed by atoms with Crippen molar-refractivity contribution < 1.29 is 6.22 Å². The van der Waals surface area contributed by atoms with Crippen molar-refractivity contribution in [2.45, 2.75) is 32.7 Å². The first kappa shape index (κ1) is 7.46. The first-order valence-corrected chi connectivity index (χ1v) is 4.22. The maximum Gasteiger partial charge on any atom is 0.217 e. The van der Waals surface area contributed by atoms with Crippen molar-refractivity contribution in [2.75, 3.05) is 0 Å². The van der Waals surface area contributed by atoms with Crippen LogP contribution in [0.25, 0.3) is 0 Å². The van der Waals surface area contributed by atoms with Gasteiger partial charge >= 0.3 is 0 Å². The molecule has 4 heteroatoms. The zero-order valence-corrected chi connectivity index (χ0v) is 7.08. The van der Waals surface area contributed by atoms with E-state index in [9.17, 15) is 4.79 Å². The van der Waals surface area contributed by atoms with Crippen molar-refractivity contribution in [3.05, 3.63) is 11.6 Å². The van der Waals surface area contributed by atoms with Gasteiger partial charge in [-0.15, -0.1) is 5.10 Å².